The van der Waals surface area contributed by atoms with Gasteiger partial charge in [-0.3, -0.25) is 14.6 Å². The van der Waals surface area contributed by atoms with E-state index in [1.165, 1.54) is 22.7 Å². The van der Waals surface area contributed by atoms with Crippen molar-refractivity contribution in [3.8, 4) is 56.1 Å². The Morgan fingerprint density at radius 1 is 0.644 bits per heavy atom. The Labute approximate surface area is 350 Å². The quantitative estimate of drug-likeness (QED) is 0.107. The number of carbonyl (C=O) groups excluding carboxylic acids is 2. The van der Waals surface area contributed by atoms with Crippen molar-refractivity contribution < 1.29 is 46.1 Å². The second kappa shape index (κ2) is 18.9. The van der Waals surface area contributed by atoms with Gasteiger partial charge in [-0.15, -0.1) is 22.7 Å². The number of methoxy groups -OCH3 is 2. The van der Waals surface area contributed by atoms with Crippen LogP contribution >= 0.6 is 38.6 Å². The van der Waals surface area contributed by atoms with Crippen molar-refractivity contribution >= 4 is 50.4 Å². The SMILES string of the molecule is COc1ccc(-c2nc(COc3ccc(F)c(C(N)=O)c3F)sc2-c2ccccn2)cc1.COc1ccc(-c2nc(COc3ccc(F)c(C(N)=O)c3F)sc2Br)cc1. The predicted octanol–water partition coefficient (Wildman–Crippen LogP) is 9.37. The number of thiazole rings is 2. The molecule has 0 aliphatic carbocycles. The lowest BCUT2D eigenvalue weighted by Gasteiger charge is -2.08. The van der Waals surface area contributed by atoms with Crippen molar-refractivity contribution in [2.24, 2.45) is 11.5 Å². The fourth-order valence-electron chi connectivity index (χ4n) is 5.39. The summed E-state index contributed by atoms with van der Waals surface area (Å²) < 4.78 is 77.9. The van der Waals surface area contributed by atoms with Crippen LogP contribution in [0.4, 0.5) is 17.6 Å². The van der Waals surface area contributed by atoms with Crippen molar-refractivity contribution in [1.82, 2.24) is 15.0 Å². The number of amides is 2. The van der Waals surface area contributed by atoms with Gasteiger partial charge in [0.05, 0.1) is 40.0 Å². The van der Waals surface area contributed by atoms with Crippen molar-refractivity contribution in [2.75, 3.05) is 14.2 Å². The van der Waals surface area contributed by atoms with E-state index in [-0.39, 0.29) is 24.7 Å². The fourth-order valence-corrected chi connectivity index (χ4v) is 7.97. The maximum atomic E-state index is 14.5. The summed E-state index contributed by atoms with van der Waals surface area (Å²) in [6, 6.07) is 24.4. The first-order valence-corrected chi connectivity index (χ1v) is 19.5. The summed E-state index contributed by atoms with van der Waals surface area (Å²) in [5, 5.41) is 1.11. The van der Waals surface area contributed by atoms with E-state index in [1.54, 1.807) is 20.4 Å². The van der Waals surface area contributed by atoms with Crippen LogP contribution in [0.25, 0.3) is 33.1 Å². The van der Waals surface area contributed by atoms with Crippen LogP contribution < -0.4 is 30.4 Å². The molecule has 3 aromatic heterocycles. The number of ether oxygens (including phenoxy) is 4. The molecule has 11 nitrogen and oxygen atoms in total. The Hall–Kier alpha value is -6.37. The van der Waals surface area contributed by atoms with E-state index in [2.05, 4.69) is 30.9 Å². The molecule has 0 radical (unpaired) electrons. The lowest BCUT2D eigenvalue weighted by Crippen LogP contribution is -2.16. The third kappa shape index (κ3) is 9.85. The molecule has 0 atom stereocenters. The number of carbonyl (C=O) groups is 2. The monoisotopic (exact) mass is 907 g/mol. The molecule has 0 aliphatic heterocycles. The van der Waals surface area contributed by atoms with Crippen LogP contribution in [0.15, 0.2) is 101 Å². The number of nitrogens with two attached hydrogens (primary N) is 2. The van der Waals surface area contributed by atoms with Crippen LogP contribution in [-0.4, -0.2) is 41.0 Å². The molecule has 59 heavy (non-hydrogen) atoms. The molecule has 4 N–H and O–H groups in total. The van der Waals surface area contributed by atoms with Gasteiger partial charge in [0.2, 0.25) is 0 Å². The molecule has 3 heterocycles. The smallest absolute Gasteiger partial charge is 0.254 e. The Morgan fingerprint density at radius 2 is 1.12 bits per heavy atom. The fraction of sp³-hybridized carbons (Fsp3) is 0.0976. The molecule has 0 saturated heterocycles. The van der Waals surface area contributed by atoms with E-state index in [9.17, 15) is 27.2 Å². The number of aromatic nitrogens is 3. The number of primary amides is 2. The van der Waals surface area contributed by atoms with Crippen LogP contribution in [0.1, 0.15) is 30.7 Å². The molecular weight excluding hydrogens is 879 g/mol. The van der Waals surface area contributed by atoms with Gasteiger partial charge in [0.1, 0.15) is 57.5 Å². The van der Waals surface area contributed by atoms with E-state index in [4.69, 9.17) is 30.4 Å². The molecule has 4 aromatic carbocycles. The second-order valence-corrected chi connectivity index (χ2v) is 15.4. The van der Waals surface area contributed by atoms with Gasteiger partial charge in [-0.05, 0) is 101 Å². The standard InChI is InChI=1S/C23H17F2N3O3S.C18H13BrF2N2O3S/c1-30-14-7-5-13(6-8-14)21-22(16-4-2-3-11-27-16)32-18(28-21)12-31-17-10-9-15(24)19(20(17)25)23(26)29;1-25-10-4-2-9(3-5-10)16-17(19)27-13(23-16)8-26-12-7-6-11(20)14(15(12)21)18(22)24/h2-11H,12H2,1H3,(H2,26,29);2-7H,8H2,1H3,(H2,22,24). The minimum atomic E-state index is -1.21. The summed E-state index contributed by atoms with van der Waals surface area (Å²) in [7, 11) is 3.17. The molecule has 7 aromatic rings. The Bertz CT molecular complexity index is 2610. The predicted molar refractivity (Wildman–Crippen MR) is 218 cm³/mol. The molecule has 0 bridgehead atoms. The van der Waals surface area contributed by atoms with Crippen LogP contribution in [0.5, 0.6) is 23.0 Å². The summed E-state index contributed by atoms with van der Waals surface area (Å²) in [6.45, 7) is -0.151. The van der Waals surface area contributed by atoms with Gasteiger partial charge in [-0.25, -0.2) is 27.5 Å². The third-order valence-electron chi connectivity index (χ3n) is 8.23. The Balaban J connectivity index is 0.000000201. The summed E-state index contributed by atoms with van der Waals surface area (Å²) in [4.78, 5) is 36.9. The lowest BCUT2D eigenvalue weighted by molar-refractivity contribution is 0.0982. The van der Waals surface area contributed by atoms with Gasteiger partial charge in [-0.2, -0.15) is 0 Å². The minimum Gasteiger partial charge on any atom is -0.497 e. The molecule has 0 aliphatic rings. The molecule has 7 rings (SSSR count). The summed E-state index contributed by atoms with van der Waals surface area (Å²) in [6.07, 6.45) is 1.68. The largest absolute Gasteiger partial charge is 0.497 e. The molecular formula is C41H30BrF4N5O6S2. The van der Waals surface area contributed by atoms with Crippen molar-refractivity contribution in [1.29, 1.82) is 0 Å². The van der Waals surface area contributed by atoms with E-state index in [0.717, 1.165) is 55.5 Å². The second-order valence-electron chi connectivity index (χ2n) is 12.0. The van der Waals surface area contributed by atoms with Crippen molar-refractivity contribution in [3.05, 3.63) is 145 Å². The number of benzene rings is 4. The van der Waals surface area contributed by atoms with Crippen molar-refractivity contribution in [3.63, 3.8) is 0 Å². The topological polar surface area (TPSA) is 162 Å². The van der Waals surface area contributed by atoms with Gasteiger partial charge < -0.3 is 30.4 Å². The zero-order chi connectivity index (χ0) is 42.2. The number of hydrogen-bond donors (Lipinski definition) is 2. The van der Waals surface area contributed by atoms with Gasteiger partial charge in [0.25, 0.3) is 11.8 Å². The van der Waals surface area contributed by atoms with Crippen LogP contribution in [0.3, 0.4) is 0 Å². The number of halogens is 5. The average molecular weight is 909 g/mol. The summed E-state index contributed by atoms with van der Waals surface area (Å²) >= 11 is 6.11. The highest BCUT2D eigenvalue weighted by molar-refractivity contribution is 9.11. The zero-order valence-corrected chi connectivity index (χ0v) is 34.0. The zero-order valence-electron chi connectivity index (χ0n) is 30.8. The van der Waals surface area contributed by atoms with Gasteiger partial charge in [0, 0.05) is 17.3 Å². The number of nitrogens with zero attached hydrogens (tertiary/aromatic N) is 3. The van der Waals surface area contributed by atoms with Crippen LogP contribution in [0.2, 0.25) is 0 Å². The molecule has 0 fully saturated rings. The average Bonchev–Trinajstić information content (AvgIpc) is 3.84. The minimum absolute atomic E-state index is 0.0554. The first-order valence-electron chi connectivity index (χ1n) is 17.0. The first-order chi connectivity index (χ1) is 28.4. The van der Waals surface area contributed by atoms with Crippen LogP contribution in [-0.2, 0) is 13.2 Å². The summed E-state index contributed by atoms with van der Waals surface area (Å²) in [5.74, 6) is -5.89. The highest BCUT2D eigenvalue weighted by Gasteiger charge is 2.22. The van der Waals surface area contributed by atoms with Gasteiger partial charge in [-0.1, -0.05) is 6.07 Å². The molecule has 18 heteroatoms. The van der Waals surface area contributed by atoms with Crippen molar-refractivity contribution in [2.45, 2.75) is 13.2 Å². The molecule has 302 valence electrons. The molecule has 2 amide bonds. The summed E-state index contributed by atoms with van der Waals surface area (Å²) in [5.41, 5.74) is 12.2. The maximum Gasteiger partial charge on any atom is 0.254 e. The normalized spacial score (nSPS) is 10.7. The maximum absolute atomic E-state index is 14.5. The third-order valence-corrected chi connectivity index (χ3v) is 11.0. The Morgan fingerprint density at radius 3 is 1.58 bits per heavy atom. The highest BCUT2D eigenvalue weighted by Crippen LogP contribution is 2.38. The number of hydrogen-bond acceptors (Lipinski definition) is 11. The lowest BCUT2D eigenvalue weighted by atomic mass is 10.1. The van der Waals surface area contributed by atoms with E-state index in [1.807, 2.05) is 66.7 Å². The van der Waals surface area contributed by atoms with E-state index in [0.29, 0.717) is 27.2 Å². The Kier molecular flexibility index (Phi) is 13.5. The van der Waals surface area contributed by atoms with Gasteiger partial charge in [0.15, 0.2) is 23.1 Å². The molecule has 0 saturated carbocycles. The number of pyridine rings is 1. The molecule has 0 unspecified atom stereocenters. The van der Waals surface area contributed by atoms with Crippen LogP contribution in [0, 0.1) is 23.3 Å². The van der Waals surface area contributed by atoms with E-state index >= 15 is 0 Å². The van der Waals surface area contributed by atoms with Gasteiger partial charge >= 0.3 is 0 Å². The highest BCUT2D eigenvalue weighted by atomic mass is 79.9. The number of rotatable bonds is 13. The van der Waals surface area contributed by atoms with E-state index < -0.39 is 46.2 Å². The molecule has 0 spiro atoms. The first kappa shape index (κ1) is 42.2.